The number of allylic oxidation sites excluding steroid dienone is 4. The Morgan fingerprint density at radius 2 is 1.62 bits per heavy atom. The third-order valence-corrected chi connectivity index (χ3v) is 11.3. The standard InChI is InChI=1S/C43H46FNO4S/c1-4-37(45-27-25-43(44,26-28-45)31-49-50(46,47)39-21-15-32(2)16-22-39)19-17-33(3)42-40(35-13-9-6-10-14-35)23-18-36-29-38(20-24-41(36)42)48-30-34-11-7-5-8-12-34/h4-17,19-22,24,29,40,42H,3,18,23,25-28,30-31H2,1-2H3/b19-17-,37-4+/t40-,42+/m1/s1. The number of aryl methyl sites for hydroxylation is 2. The van der Waals surface area contributed by atoms with E-state index >= 15 is 4.39 Å². The van der Waals surface area contributed by atoms with Crippen molar-refractivity contribution in [3.05, 3.63) is 167 Å². The van der Waals surface area contributed by atoms with Crippen LogP contribution in [-0.2, 0) is 27.3 Å². The molecule has 0 saturated carbocycles. The largest absolute Gasteiger partial charge is 0.489 e. The summed E-state index contributed by atoms with van der Waals surface area (Å²) in [6.07, 6.45) is 8.53. The summed E-state index contributed by atoms with van der Waals surface area (Å²) in [5.74, 6) is 1.24. The minimum Gasteiger partial charge on any atom is -0.489 e. The van der Waals surface area contributed by atoms with Crippen LogP contribution in [0, 0.1) is 6.92 Å². The molecule has 0 aromatic heterocycles. The lowest BCUT2D eigenvalue weighted by atomic mass is 9.69. The van der Waals surface area contributed by atoms with E-state index in [-0.39, 0.29) is 29.6 Å². The van der Waals surface area contributed by atoms with Gasteiger partial charge in [0.25, 0.3) is 10.1 Å². The van der Waals surface area contributed by atoms with Crippen molar-refractivity contribution in [3.8, 4) is 5.75 Å². The van der Waals surface area contributed by atoms with Crippen LogP contribution in [0.1, 0.15) is 65.8 Å². The molecule has 0 amide bonds. The van der Waals surface area contributed by atoms with Crippen LogP contribution in [0.5, 0.6) is 5.75 Å². The molecular formula is C43H46FNO4S. The van der Waals surface area contributed by atoms with Gasteiger partial charge in [0.2, 0.25) is 0 Å². The molecule has 0 unspecified atom stereocenters. The number of rotatable bonds is 12. The summed E-state index contributed by atoms with van der Waals surface area (Å²) in [6.45, 7) is 9.40. The zero-order valence-electron chi connectivity index (χ0n) is 28.9. The molecule has 1 aliphatic carbocycles. The molecule has 0 bridgehead atoms. The number of halogens is 1. The number of benzene rings is 4. The van der Waals surface area contributed by atoms with Crippen LogP contribution >= 0.6 is 0 Å². The number of piperidine rings is 1. The van der Waals surface area contributed by atoms with Gasteiger partial charge in [-0.05, 0) is 90.8 Å². The zero-order chi connectivity index (χ0) is 35.1. The highest BCUT2D eigenvalue weighted by Gasteiger charge is 2.37. The smallest absolute Gasteiger partial charge is 0.297 e. The minimum atomic E-state index is -4.03. The quantitative estimate of drug-likeness (QED) is 0.109. The van der Waals surface area contributed by atoms with Crippen molar-refractivity contribution in [1.29, 1.82) is 0 Å². The Morgan fingerprint density at radius 1 is 0.940 bits per heavy atom. The van der Waals surface area contributed by atoms with Crippen molar-refractivity contribution in [2.75, 3.05) is 19.7 Å². The fraction of sp³-hybridized carbons (Fsp3) is 0.302. The van der Waals surface area contributed by atoms with E-state index in [4.69, 9.17) is 8.92 Å². The monoisotopic (exact) mass is 691 g/mol. The van der Waals surface area contributed by atoms with E-state index in [9.17, 15) is 8.42 Å². The average molecular weight is 692 g/mol. The first kappa shape index (κ1) is 35.4. The van der Waals surface area contributed by atoms with Crippen molar-refractivity contribution in [1.82, 2.24) is 4.90 Å². The van der Waals surface area contributed by atoms with Gasteiger partial charge in [-0.1, -0.05) is 103 Å². The molecule has 1 fully saturated rings. The molecule has 50 heavy (non-hydrogen) atoms. The van der Waals surface area contributed by atoms with Crippen molar-refractivity contribution >= 4 is 10.1 Å². The maximum atomic E-state index is 15.8. The van der Waals surface area contributed by atoms with Crippen LogP contribution in [0.2, 0.25) is 0 Å². The van der Waals surface area contributed by atoms with E-state index in [1.807, 2.05) is 38.1 Å². The number of hydrogen-bond donors (Lipinski definition) is 0. The molecule has 5 nitrogen and oxygen atoms in total. The fourth-order valence-corrected chi connectivity index (χ4v) is 8.06. The number of nitrogens with zero attached hydrogens (tertiary/aromatic N) is 1. The third kappa shape index (κ3) is 8.45. The number of alkyl halides is 1. The lowest BCUT2D eigenvalue weighted by molar-refractivity contribution is 0.0294. The summed E-state index contributed by atoms with van der Waals surface area (Å²) in [4.78, 5) is 2.19. The maximum absolute atomic E-state index is 15.8. The molecule has 1 saturated heterocycles. The average Bonchev–Trinajstić information content (AvgIpc) is 3.14. The lowest BCUT2D eigenvalue weighted by Crippen LogP contribution is -2.44. The number of ether oxygens (including phenoxy) is 1. The van der Waals surface area contributed by atoms with Crippen molar-refractivity contribution in [2.45, 2.75) is 68.5 Å². The van der Waals surface area contributed by atoms with Gasteiger partial charge in [-0.3, -0.25) is 4.18 Å². The molecule has 7 heteroatoms. The molecule has 4 aromatic carbocycles. The number of likely N-dealkylation sites (tertiary alicyclic amines) is 1. The molecule has 4 aromatic rings. The topological polar surface area (TPSA) is 55.8 Å². The van der Waals surface area contributed by atoms with Crippen LogP contribution in [0.4, 0.5) is 4.39 Å². The molecule has 6 rings (SSSR count). The van der Waals surface area contributed by atoms with E-state index in [0.717, 1.165) is 41.0 Å². The Morgan fingerprint density at radius 3 is 2.30 bits per heavy atom. The summed E-state index contributed by atoms with van der Waals surface area (Å²) in [6, 6.07) is 33.7. The maximum Gasteiger partial charge on any atom is 0.297 e. The Hall–Kier alpha value is -4.46. The molecule has 0 spiro atoms. The van der Waals surface area contributed by atoms with Gasteiger partial charge in [-0.15, -0.1) is 0 Å². The van der Waals surface area contributed by atoms with Crippen LogP contribution in [0.25, 0.3) is 0 Å². The Kier molecular flexibility index (Phi) is 11.0. The second kappa shape index (κ2) is 15.6. The molecule has 0 N–H and O–H groups in total. The Balaban J connectivity index is 1.13. The Bertz CT molecular complexity index is 1930. The summed E-state index contributed by atoms with van der Waals surface area (Å²) in [5.41, 5.74) is 6.21. The molecule has 0 radical (unpaired) electrons. The predicted molar refractivity (Wildman–Crippen MR) is 198 cm³/mol. The molecule has 1 aliphatic heterocycles. The highest BCUT2D eigenvalue weighted by molar-refractivity contribution is 7.86. The molecule has 2 atom stereocenters. The SMILES string of the molecule is C=C(/C=C\C(=C/C)N1CCC(F)(COS(=O)(=O)c2ccc(C)cc2)CC1)[C@@H]1c2ccc(OCc3ccccc3)cc2CC[C@@H]1c1ccccc1. The molecule has 2 aliphatic rings. The molecule has 1 heterocycles. The van der Waals surface area contributed by atoms with Crippen LogP contribution in [0.3, 0.4) is 0 Å². The van der Waals surface area contributed by atoms with Gasteiger partial charge < -0.3 is 9.64 Å². The normalized spacial score (nSPS) is 19.3. The van der Waals surface area contributed by atoms with E-state index in [1.165, 1.54) is 28.8 Å². The third-order valence-electron chi connectivity index (χ3n) is 10.0. The summed E-state index contributed by atoms with van der Waals surface area (Å²) >= 11 is 0. The lowest BCUT2D eigenvalue weighted by Gasteiger charge is -2.38. The predicted octanol–water partition coefficient (Wildman–Crippen LogP) is 9.61. The van der Waals surface area contributed by atoms with Crippen LogP contribution in [0.15, 0.2) is 144 Å². The second-order valence-electron chi connectivity index (χ2n) is 13.5. The van der Waals surface area contributed by atoms with E-state index in [1.54, 1.807) is 12.1 Å². The van der Waals surface area contributed by atoms with Crippen molar-refractivity contribution in [2.24, 2.45) is 0 Å². The first-order valence-corrected chi connectivity index (χ1v) is 18.8. The van der Waals surface area contributed by atoms with Gasteiger partial charge in [-0.2, -0.15) is 8.42 Å². The van der Waals surface area contributed by atoms with Crippen molar-refractivity contribution < 1.29 is 21.7 Å². The van der Waals surface area contributed by atoms with Gasteiger partial charge in [0, 0.05) is 37.5 Å². The molecule has 260 valence electrons. The van der Waals surface area contributed by atoms with E-state index < -0.39 is 22.4 Å². The Labute approximate surface area is 296 Å². The van der Waals surface area contributed by atoms with Crippen LogP contribution < -0.4 is 4.74 Å². The number of fused-ring (bicyclic) bond motifs is 1. The highest BCUT2D eigenvalue weighted by atomic mass is 32.2. The van der Waals surface area contributed by atoms with Gasteiger partial charge in [0.05, 0.1) is 4.90 Å². The van der Waals surface area contributed by atoms with Gasteiger partial charge in [0.15, 0.2) is 0 Å². The zero-order valence-corrected chi connectivity index (χ0v) is 29.7. The second-order valence-corrected chi connectivity index (χ2v) is 15.1. The van der Waals surface area contributed by atoms with Gasteiger partial charge >= 0.3 is 0 Å². The minimum absolute atomic E-state index is 0.0395. The fourth-order valence-electron chi connectivity index (χ4n) is 7.09. The number of hydrogen-bond acceptors (Lipinski definition) is 5. The summed E-state index contributed by atoms with van der Waals surface area (Å²) in [5, 5.41) is 0. The first-order chi connectivity index (χ1) is 24.1. The summed E-state index contributed by atoms with van der Waals surface area (Å²) in [7, 11) is -4.03. The first-order valence-electron chi connectivity index (χ1n) is 17.4. The van der Waals surface area contributed by atoms with Gasteiger partial charge in [0.1, 0.15) is 24.6 Å². The van der Waals surface area contributed by atoms with Gasteiger partial charge in [-0.25, -0.2) is 4.39 Å². The highest BCUT2D eigenvalue weighted by Crippen LogP contribution is 2.47. The van der Waals surface area contributed by atoms with Crippen molar-refractivity contribution in [3.63, 3.8) is 0 Å². The summed E-state index contributed by atoms with van der Waals surface area (Å²) < 4.78 is 52.6. The van der Waals surface area contributed by atoms with Crippen LogP contribution in [-0.4, -0.2) is 38.7 Å². The van der Waals surface area contributed by atoms with E-state index in [2.05, 4.69) is 84.3 Å². The van der Waals surface area contributed by atoms with E-state index in [0.29, 0.717) is 19.7 Å². The molecular weight excluding hydrogens is 646 g/mol.